The van der Waals surface area contributed by atoms with Crippen LogP contribution in [0.5, 0.6) is 0 Å². The van der Waals surface area contributed by atoms with E-state index >= 15 is 0 Å². The molecule has 0 aliphatic heterocycles. The summed E-state index contributed by atoms with van der Waals surface area (Å²) in [6, 6.07) is 0. The van der Waals surface area contributed by atoms with E-state index in [1.54, 1.807) is 0 Å². The molecule has 0 aliphatic carbocycles. The van der Waals surface area contributed by atoms with Crippen LogP contribution in [0.1, 0.15) is 219 Å². The molecule has 1 N–H and O–H groups in total. The second-order valence-electron chi connectivity index (χ2n) is 13.9. The molecule has 0 fully saturated rings. The van der Waals surface area contributed by atoms with Gasteiger partial charge in [0.05, 0.1) is 5.97 Å². The standard InChI is InChI=1S/C34H69.C4H6O7S.3Na/c1-3-5-7-9-11-13-15-17-19-21-23-25-27-29-31-33-34-32-30-28-26-24-22-20-18-16-14-12-10-8-6-4-2;5-3(6)1-2(4(7)8)12(9,10)11;;;/h1,3-34H2,2H3;2H,1H2,(H,5,6)(H,7,8)(H,9,10,11);;;/q;;;2*+1/p-2. The normalized spacial score (nSPS) is 11.6. The average Bonchev–Trinajstić information content (AvgIpc) is 3.02. The van der Waals surface area contributed by atoms with Crippen molar-refractivity contribution in [3.63, 3.8) is 0 Å². The molecule has 0 rings (SSSR count). The second kappa shape index (κ2) is 46.0. The van der Waals surface area contributed by atoms with Gasteiger partial charge in [-0.1, -0.05) is 142 Å². The second-order valence-corrected chi connectivity index (χ2v) is 16.5. The molecule has 1 unspecified atom stereocenters. The van der Waals surface area contributed by atoms with Gasteiger partial charge in [0.2, 0.25) is 0 Å². The van der Waals surface area contributed by atoms with Gasteiger partial charge in [0.15, 0.2) is 0 Å². The first kappa shape index (κ1) is 57.6. The fourth-order valence-corrected chi connectivity index (χ4v) is 7.18. The molecule has 1 atom stereocenters. The van der Waals surface area contributed by atoms with E-state index in [2.05, 4.69) is 6.92 Å². The summed E-state index contributed by atoms with van der Waals surface area (Å²) in [5.74, 6) is -4.08. The van der Waals surface area contributed by atoms with Crippen LogP contribution in [0.2, 0.25) is 3.67 Å². The van der Waals surface area contributed by atoms with Crippen molar-refractivity contribution >= 4 is 50.0 Å². The quantitative estimate of drug-likeness (QED) is 0.0592. The van der Waals surface area contributed by atoms with E-state index in [0.717, 1.165) is 0 Å². The predicted octanol–water partition coefficient (Wildman–Crippen LogP) is 3.22. The summed E-state index contributed by atoms with van der Waals surface area (Å²) < 4.78 is 30.0. The molecule has 0 radical (unpaired) electrons. The van der Waals surface area contributed by atoms with Crippen molar-refractivity contribution in [3.05, 3.63) is 0 Å². The molecule has 0 aromatic heterocycles. The maximum Gasteiger partial charge on any atom is 1.00 e. The Bertz CT molecular complexity index is 753. The van der Waals surface area contributed by atoms with Crippen LogP contribution in [0.15, 0.2) is 0 Å². The Labute approximate surface area is 365 Å². The Balaban J connectivity index is -0.000000613. The number of rotatable bonds is 36. The summed E-state index contributed by atoms with van der Waals surface area (Å²) in [6.45, 7) is 2.31. The molecular formula is C38H73Na3O7S. The van der Waals surface area contributed by atoms with Gasteiger partial charge in [-0.2, -0.15) is 8.42 Å². The number of hydrogen-bond donors (Lipinski definition) is 1. The van der Waals surface area contributed by atoms with E-state index in [1.807, 2.05) is 0 Å². The zero-order valence-electron chi connectivity index (χ0n) is 32.9. The van der Waals surface area contributed by atoms with Crippen LogP contribution in [0.3, 0.4) is 0 Å². The molecule has 7 nitrogen and oxygen atoms in total. The van der Waals surface area contributed by atoms with Gasteiger partial charge in [-0.05, 0) is 0 Å². The van der Waals surface area contributed by atoms with Crippen molar-refractivity contribution in [2.24, 2.45) is 0 Å². The average molecular weight is 743 g/mol. The molecule has 0 aromatic carbocycles. The number of aliphatic carboxylic acids is 2. The van der Waals surface area contributed by atoms with Crippen molar-refractivity contribution in [1.82, 2.24) is 0 Å². The molecule has 0 heterocycles. The van der Waals surface area contributed by atoms with Crippen LogP contribution in [0.4, 0.5) is 0 Å². The summed E-state index contributed by atoms with van der Waals surface area (Å²) >= 11 is 1.41. The van der Waals surface area contributed by atoms with Crippen molar-refractivity contribution in [1.29, 1.82) is 0 Å². The van der Waals surface area contributed by atoms with E-state index in [0.29, 0.717) is 0 Å². The van der Waals surface area contributed by atoms with Gasteiger partial charge < -0.3 is 19.8 Å². The SMILES string of the molecule is CCCCCCCCCCCCCCCCCCCCCCCCCCCCCCCCC[CH2][Na].O=C([O-])CC(C(=O)[O-])S(=O)(=O)O.[Na+].[Na+]. The minimum Gasteiger partial charge on any atom is -0.550 e. The largest absolute Gasteiger partial charge is 1.00 e. The van der Waals surface area contributed by atoms with Gasteiger partial charge in [-0.15, -0.1) is 0 Å². The van der Waals surface area contributed by atoms with Gasteiger partial charge in [-0.3, -0.25) is 4.55 Å². The molecule has 0 saturated carbocycles. The van der Waals surface area contributed by atoms with Gasteiger partial charge in [-0.25, -0.2) is 0 Å². The summed E-state index contributed by atoms with van der Waals surface area (Å²) in [4.78, 5) is 19.7. The smallest absolute Gasteiger partial charge is 0.550 e. The summed E-state index contributed by atoms with van der Waals surface area (Å²) in [5.41, 5.74) is 0. The summed E-state index contributed by atoms with van der Waals surface area (Å²) in [5, 5.41) is 17.3. The monoisotopic (exact) mass is 742 g/mol. The molecule has 11 heteroatoms. The van der Waals surface area contributed by atoms with Crippen LogP contribution in [0.25, 0.3) is 0 Å². The molecule has 0 bridgehead atoms. The predicted molar refractivity (Wildman–Crippen MR) is 194 cm³/mol. The molecule has 0 aliphatic rings. The molecule has 0 saturated heterocycles. The fourth-order valence-electron chi connectivity index (χ4n) is 6.09. The minimum atomic E-state index is -4.94. The third-order valence-corrected chi connectivity index (χ3v) is 11.0. The molecule has 0 aromatic rings. The first-order valence-corrected chi connectivity index (χ1v) is 23.0. The Kier molecular flexibility index (Phi) is 54.1. The number of carbonyl (C=O) groups excluding carboxylic acids is 2. The van der Waals surface area contributed by atoms with E-state index in [9.17, 15) is 28.2 Å². The summed E-state index contributed by atoms with van der Waals surface area (Å²) in [6.07, 6.45) is 46.4. The number of hydrogen-bond acceptors (Lipinski definition) is 6. The maximum atomic E-state index is 10.2. The van der Waals surface area contributed by atoms with Crippen LogP contribution in [-0.2, 0) is 19.7 Å². The van der Waals surface area contributed by atoms with Gasteiger partial charge in [0.25, 0.3) is 10.1 Å². The zero-order chi connectivity index (χ0) is 35.3. The molecule has 0 amide bonds. The van der Waals surface area contributed by atoms with E-state index in [4.69, 9.17) is 4.55 Å². The minimum absolute atomic E-state index is 0. The number of carbonyl (C=O) groups is 2. The topological polar surface area (TPSA) is 135 Å². The van der Waals surface area contributed by atoms with Crippen molar-refractivity contribution < 1.29 is 91.9 Å². The molecule has 49 heavy (non-hydrogen) atoms. The number of unbranched alkanes of at least 4 members (excludes halogenated alkanes) is 31. The molecule has 276 valence electrons. The Hall–Kier alpha value is 1.85. The van der Waals surface area contributed by atoms with E-state index < -0.39 is 33.7 Å². The summed E-state index contributed by atoms with van der Waals surface area (Å²) in [7, 11) is -4.94. The third kappa shape index (κ3) is 49.9. The van der Waals surface area contributed by atoms with Crippen LogP contribution in [-0.4, -0.2) is 58.1 Å². The van der Waals surface area contributed by atoms with Crippen molar-refractivity contribution in [3.8, 4) is 0 Å². The maximum absolute atomic E-state index is 10.2. The van der Waals surface area contributed by atoms with Gasteiger partial charge >= 0.3 is 161 Å². The van der Waals surface area contributed by atoms with Crippen LogP contribution >= 0.6 is 0 Å². The Morgan fingerprint density at radius 1 is 0.490 bits per heavy atom. The Morgan fingerprint density at radius 3 is 0.816 bits per heavy atom. The van der Waals surface area contributed by atoms with Crippen molar-refractivity contribution in [2.75, 3.05) is 0 Å². The van der Waals surface area contributed by atoms with E-state index in [1.165, 1.54) is 237 Å². The zero-order valence-corrected chi connectivity index (χ0v) is 39.7. The first-order chi connectivity index (χ1) is 22.7. The molecular weight excluding hydrogens is 669 g/mol. The van der Waals surface area contributed by atoms with Gasteiger partial charge in [0, 0.05) is 12.4 Å². The van der Waals surface area contributed by atoms with Crippen LogP contribution < -0.4 is 69.3 Å². The van der Waals surface area contributed by atoms with E-state index in [-0.39, 0.29) is 59.1 Å². The first-order valence-electron chi connectivity index (χ1n) is 20.0. The number of carboxylic acid groups (broad SMARTS) is 2. The molecule has 0 spiro atoms. The van der Waals surface area contributed by atoms with Crippen molar-refractivity contribution in [2.45, 2.75) is 228 Å². The fraction of sp³-hybridized carbons (Fsp3) is 0.947. The number of carboxylic acids is 2. The third-order valence-electron chi connectivity index (χ3n) is 9.18. The van der Waals surface area contributed by atoms with Crippen LogP contribution in [0, 0.1) is 0 Å². The van der Waals surface area contributed by atoms with Gasteiger partial charge in [0.1, 0.15) is 5.25 Å². The Morgan fingerprint density at radius 2 is 0.694 bits per heavy atom.